The number of rotatable bonds is 4. The molecule has 0 aliphatic rings. The normalized spacial score (nSPS) is 10.3. The van der Waals surface area contributed by atoms with Crippen LogP contribution in [0.4, 0.5) is 10.6 Å². The molecule has 0 saturated heterocycles. The summed E-state index contributed by atoms with van der Waals surface area (Å²) in [4.78, 5) is 23.2. The van der Waals surface area contributed by atoms with Crippen LogP contribution >= 0.6 is 0 Å². The van der Waals surface area contributed by atoms with Gasteiger partial charge < -0.3 is 10.1 Å². The van der Waals surface area contributed by atoms with Gasteiger partial charge in [0.15, 0.2) is 0 Å². The molecule has 7 nitrogen and oxygen atoms in total. The Balaban J connectivity index is 2.84. The minimum atomic E-state index is -0.509. The first-order valence-corrected chi connectivity index (χ1v) is 5.72. The summed E-state index contributed by atoms with van der Waals surface area (Å²) in [5.41, 5.74) is 0.234. The number of aromatic nitrogens is 2. The maximum absolute atomic E-state index is 11.6. The molecule has 1 aromatic rings. The molecule has 1 rings (SSSR count). The van der Waals surface area contributed by atoms with Crippen molar-refractivity contribution >= 4 is 17.8 Å². The van der Waals surface area contributed by atoms with Gasteiger partial charge in [-0.05, 0) is 20.8 Å². The van der Waals surface area contributed by atoms with E-state index in [1.807, 2.05) is 13.8 Å². The fourth-order valence-corrected chi connectivity index (χ4v) is 1.35. The monoisotopic (exact) mass is 254 g/mol. The Morgan fingerprint density at radius 1 is 1.50 bits per heavy atom. The Morgan fingerprint density at radius 2 is 2.17 bits per heavy atom. The van der Waals surface area contributed by atoms with Crippen molar-refractivity contribution in [3.8, 4) is 0 Å². The maximum atomic E-state index is 11.6. The fraction of sp³-hybridized carbons (Fsp3) is 0.545. The van der Waals surface area contributed by atoms with Gasteiger partial charge in [0.1, 0.15) is 11.4 Å². The average Bonchev–Trinajstić information content (AvgIpc) is 2.60. The van der Waals surface area contributed by atoms with Crippen LogP contribution in [0.1, 0.15) is 31.1 Å². The van der Waals surface area contributed by atoms with Crippen LogP contribution in [0, 0.1) is 0 Å². The molecule has 0 fully saturated rings. The lowest BCUT2D eigenvalue weighted by Crippen LogP contribution is -2.35. The summed E-state index contributed by atoms with van der Waals surface area (Å²) in [7, 11) is 1.63. The third-order valence-electron chi connectivity index (χ3n) is 2.09. The highest BCUT2D eigenvalue weighted by atomic mass is 16.5. The van der Waals surface area contributed by atoms with Crippen LogP contribution in [-0.4, -0.2) is 34.4 Å². The second-order valence-electron chi connectivity index (χ2n) is 4.00. The molecular formula is C11H18N4O3. The lowest BCUT2D eigenvalue weighted by molar-refractivity contribution is 0.0527. The number of ether oxygens (including phenoxy) is 1. The van der Waals surface area contributed by atoms with Gasteiger partial charge in [0.2, 0.25) is 0 Å². The fourth-order valence-electron chi connectivity index (χ4n) is 1.35. The standard InChI is InChI=1S/C11H18N4O3/c1-5-18-10(16)8-6-12-15(4)9(8)14-11(17)13-7(2)3/h6-7H,5H2,1-4H3,(H2,13,14,17). The summed E-state index contributed by atoms with van der Waals surface area (Å²) in [5.74, 6) is -0.197. The molecule has 0 radical (unpaired) electrons. The van der Waals surface area contributed by atoms with Crippen molar-refractivity contribution in [2.75, 3.05) is 11.9 Å². The zero-order valence-corrected chi connectivity index (χ0v) is 11.0. The second-order valence-corrected chi connectivity index (χ2v) is 4.00. The first-order valence-electron chi connectivity index (χ1n) is 5.72. The Hall–Kier alpha value is -2.05. The first-order chi connectivity index (χ1) is 8.45. The van der Waals surface area contributed by atoms with Gasteiger partial charge in [0.25, 0.3) is 0 Å². The van der Waals surface area contributed by atoms with E-state index in [1.54, 1.807) is 14.0 Å². The van der Waals surface area contributed by atoms with E-state index < -0.39 is 5.97 Å². The average molecular weight is 254 g/mol. The molecule has 100 valence electrons. The molecule has 2 N–H and O–H groups in total. The van der Waals surface area contributed by atoms with Crippen molar-refractivity contribution in [3.63, 3.8) is 0 Å². The number of nitrogens with zero attached hydrogens (tertiary/aromatic N) is 2. The molecule has 0 spiro atoms. The van der Waals surface area contributed by atoms with Crippen LogP contribution in [0.5, 0.6) is 0 Å². The molecule has 0 saturated carbocycles. The van der Waals surface area contributed by atoms with Gasteiger partial charge in [-0.2, -0.15) is 5.10 Å². The molecule has 0 bridgehead atoms. The SMILES string of the molecule is CCOC(=O)c1cnn(C)c1NC(=O)NC(C)C. The van der Waals surface area contributed by atoms with Gasteiger partial charge in [-0.15, -0.1) is 0 Å². The van der Waals surface area contributed by atoms with E-state index in [9.17, 15) is 9.59 Å². The zero-order chi connectivity index (χ0) is 13.7. The third-order valence-corrected chi connectivity index (χ3v) is 2.09. The van der Waals surface area contributed by atoms with Crippen LogP contribution < -0.4 is 10.6 Å². The predicted octanol–water partition coefficient (Wildman–Crippen LogP) is 1.13. The van der Waals surface area contributed by atoms with Crippen molar-refractivity contribution in [1.29, 1.82) is 0 Å². The number of urea groups is 1. The summed E-state index contributed by atoms with van der Waals surface area (Å²) in [6.07, 6.45) is 1.36. The van der Waals surface area contributed by atoms with E-state index >= 15 is 0 Å². The molecular weight excluding hydrogens is 236 g/mol. The Labute approximate surface area is 105 Å². The smallest absolute Gasteiger partial charge is 0.343 e. The quantitative estimate of drug-likeness (QED) is 0.789. The Kier molecular flexibility index (Phi) is 4.70. The van der Waals surface area contributed by atoms with Crippen LogP contribution in [0.25, 0.3) is 0 Å². The number of carbonyl (C=O) groups excluding carboxylic acids is 2. The van der Waals surface area contributed by atoms with Gasteiger partial charge in [0.05, 0.1) is 12.8 Å². The summed E-state index contributed by atoms with van der Waals surface area (Å²) < 4.78 is 6.29. The number of hydrogen-bond acceptors (Lipinski definition) is 4. The molecule has 0 aromatic carbocycles. The van der Waals surface area contributed by atoms with Crippen LogP contribution in [0.3, 0.4) is 0 Å². The van der Waals surface area contributed by atoms with E-state index in [1.165, 1.54) is 10.9 Å². The molecule has 0 aliphatic carbocycles. The molecule has 0 unspecified atom stereocenters. The van der Waals surface area contributed by atoms with Crippen molar-refractivity contribution in [2.24, 2.45) is 7.05 Å². The molecule has 1 heterocycles. The number of hydrogen-bond donors (Lipinski definition) is 2. The van der Waals surface area contributed by atoms with E-state index in [-0.39, 0.29) is 24.2 Å². The number of amides is 2. The van der Waals surface area contributed by atoms with Gasteiger partial charge in [-0.1, -0.05) is 0 Å². The van der Waals surface area contributed by atoms with Gasteiger partial charge in [-0.25, -0.2) is 9.59 Å². The number of aryl methyl sites for hydroxylation is 1. The maximum Gasteiger partial charge on any atom is 0.343 e. The highest BCUT2D eigenvalue weighted by molar-refractivity contribution is 5.99. The van der Waals surface area contributed by atoms with E-state index in [0.717, 1.165) is 0 Å². The Morgan fingerprint density at radius 3 is 2.72 bits per heavy atom. The highest BCUT2D eigenvalue weighted by Crippen LogP contribution is 2.15. The van der Waals surface area contributed by atoms with Crippen LogP contribution in [0.15, 0.2) is 6.20 Å². The number of carbonyl (C=O) groups is 2. The van der Waals surface area contributed by atoms with Gasteiger partial charge in [0, 0.05) is 13.1 Å². The summed E-state index contributed by atoms with van der Waals surface area (Å²) >= 11 is 0. The van der Waals surface area contributed by atoms with E-state index in [4.69, 9.17) is 4.74 Å². The molecule has 1 aromatic heterocycles. The largest absolute Gasteiger partial charge is 0.462 e. The highest BCUT2D eigenvalue weighted by Gasteiger charge is 2.19. The zero-order valence-electron chi connectivity index (χ0n) is 11.0. The molecule has 0 atom stereocenters. The van der Waals surface area contributed by atoms with E-state index in [0.29, 0.717) is 5.82 Å². The molecule has 2 amide bonds. The Bertz CT molecular complexity index is 439. The first kappa shape index (κ1) is 14.0. The van der Waals surface area contributed by atoms with Crippen molar-refractivity contribution in [2.45, 2.75) is 26.8 Å². The lowest BCUT2D eigenvalue weighted by atomic mass is 10.3. The number of esters is 1. The number of anilines is 1. The molecule has 0 aliphatic heterocycles. The van der Waals surface area contributed by atoms with Gasteiger partial charge in [-0.3, -0.25) is 10.00 Å². The van der Waals surface area contributed by atoms with Crippen LogP contribution in [-0.2, 0) is 11.8 Å². The van der Waals surface area contributed by atoms with Gasteiger partial charge >= 0.3 is 12.0 Å². The molecule has 18 heavy (non-hydrogen) atoms. The second kappa shape index (κ2) is 6.04. The molecule has 7 heteroatoms. The summed E-state index contributed by atoms with van der Waals surface area (Å²) in [6, 6.07) is -0.386. The lowest BCUT2D eigenvalue weighted by Gasteiger charge is -2.11. The third kappa shape index (κ3) is 3.47. The predicted molar refractivity (Wildman–Crippen MR) is 66.5 cm³/mol. The minimum absolute atomic E-state index is 0.00395. The minimum Gasteiger partial charge on any atom is -0.462 e. The van der Waals surface area contributed by atoms with Crippen molar-refractivity contribution < 1.29 is 14.3 Å². The van der Waals surface area contributed by atoms with Crippen molar-refractivity contribution in [1.82, 2.24) is 15.1 Å². The van der Waals surface area contributed by atoms with Crippen molar-refractivity contribution in [3.05, 3.63) is 11.8 Å². The topological polar surface area (TPSA) is 85.2 Å². The summed E-state index contributed by atoms with van der Waals surface area (Å²) in [5, 5.41) is 9.17. The number of nitrogens with one attached hydrogen (secondary N) is 2. The van der Waals surface area contributed by atoms with Crippen LogP contribution in [0.2, 0.25) is 0 Å². The van der Waals surface area contributed by atoms with E-state index in [2.05, 4.69) is 15.7 Å². The summed E-state index contributed by atoms with van der Waals surface area (Å²) in [6.45, 7) is 5.67.